The van der Waals surface area contributed by atoms with E-state index in [0.29, 0.717) is 12.1 Å². The van der Waals surface area contributed by atoms with Crippen molar-refractivity contribution in [3.05, 3.63) is 63.0 Å². The summed E-state index contributed by atoms with van der Waals surface area (Å²) in [6.07, 6.45) is 0. The van der Waals surface area contributed by atoms with Gasteiger partial charge >= 0.3 is 0 Å². The summed E-state index contributed by atoms with van der Waals surface area (Å²) >= 11 is 0. The molecule has 0 unspecified atom stereocenters. The molecule has 2 aromatic rings. The SMILES string of the molecule is CC(=O)c1cc(C)n(Cc2cccc([N+](=O)[O-])c2)c1C. The Balaban J connectivity index is 2.37. The number of aromatic nitrogens is 1. The molecule has 0 atom stereocenters. The van der Waals surface area contributed by atoms with Crippen molar-refractivity contribution in [1.29, 1.82) is 0 Å². The van der Waals surface area contributed by atoms with Crippen LogP contribution in [0.25, 0.3) is 0 Å². The van der Waals surface area contributed by atoms with Gasteiger partial charge in [-0.25, -0.2) is 0 Å². The van der Waals surface area contributed by atoms with Gasteiger partial charge in [-0.1, -0.05) is 12.1 Å². The van der Waals surface area contributed by atoms with E-state index in [4.69, 9.17) is 0 Å². The third-order valence-corrected chi connectivity index (χ3v) is 3.42. The van der Waals surface area contributed by atoms with Gasteiger partial charge in [0, 0.05) is 35.6 Å². The normalized spacial score (nSPS) is 10.6. The van der Waals surface area contributed by atoms with Crippen LogP contribution in [0.5, 0.6) is 0 Å². The number of ketones is 1. The largest absolute Gasteiger partial charge is 0.344 e. The van der Waals surface area contributed by atoms with Crippen molar-refractivity contribution in [1.82, 2.24) is 4.57 Å². The Kier molecular flexibility index (Phi) is 3.70. The van der Waals surface area contributed by atoms with Crippen LogP contribution < -0.4 is 0 Å². The fourth-order valence-electron chi connectivity index (χ4n) is 2.35. The van der Waals surface area contributed by atoms with Crippen LogP contribution >= 0.6 is 0 Å². The third-order valence-electron chi connectivity index (χ3n) is 3.42. The first-order valence-electron chi connectivity index (χ1n) is 6.31. The summed E-state index contributed by atoms with van der Waals surface area (Å²) < 4.78 is 2.00. The molecule has 0 bridgehead atoms. The Morgan fingerprint density at radius 2 is 2.00 bits per heavy atom. The first kappa shape index (κ1) is 14.0. The van der Waals surface area contributed by atoms with E-state index >= 15 is 0 Å². The number of carbonyl (C=O) groups excluding carboxylic acids is 1. The first-order valence-corrected chi connectivity index (χ1v) is 6.31. The van der Waals surface area contributed by atoms with Gasteiger partial charge in [0.2, 0.25) is 0 Å². The van der Waals surface area contributed by atoms with Gasteiger partial charge in [0.05, 0.1) is 4.92 Å². The predicted octanol–water partition coefficient (Wildman–Crippen LogP) is 3.26. The number of benzene rings is 1. The Bertz CT molecular complexity index is 686. The van der Waals surface area contributed by atoms with Crippen molar-refractivity contribution < 1.29 is 9.72 Å². The van der Waals surface area contributed by atoms with Crippen molar-refractivity contribution in [3.63, 3.8) is 0 Å². The summed E-state index contributed by atoms with van der Waals surface area (Å²) in [5.74, 6) is 0.0309. The summed E-state index contributed by atoms with van der Waals surface area (Å²) in [4.78, 5) is 21.9. The van der Waals surface area contributed by atoms with Crippen molar-refractivity contribution >= 4 is 11.5 Å². The van der Waals surface area contributed by atoms with E-state index in [9.17, 15) is 14.9 Å². The van der Waals surface area contributed by atoms with Gasteiger partial charge in [0.15, 0.2) is 5.78 Å². The van der Waals surface area contributed by atoms with E-state index in [1.807, 2.05) is 30.5 Å². The molecule has 0 N–H and O–H groups in total. The summed E-state index contributed by atoms with van der Waals surface area (Å²) in [5.41, 5.74) is 3.49. The van der Waals surface area contributed by atoms with Crippen molar-refractivity contribution in [3.8, 4) is 0 Å². The molecule has 0 spiro atoms. The molecule has 2 rings (SSSR count). The highest BCUT2D eigenvalue weighted by molar-refractivity contribution is 5.95. The Morgan fingerprint density at radius 1 is 1.30 bits per heavy atom. The van der Waals surface area contributed by atoms with Crippen LogP contribution in [0.4, 0.5) is 5.69 Å². The lowest BCUT2D eigenvalue weighted by molar-refractivity contribution is -0.384. The summed E-state index contributed by atoms with van der Waals surface area (Å²) in [7, 11) is 0. The minimum Gasteiger partial charge on any atom is -0.344 e. The molecule has 0 aliphatic heterocycles. The second kappa shape index (κ2) is 5.28. The fourth-order valence-corrected chi connectivity index (χ4v) is 2.35. The van der Waals surface area contributed by atoms with Gasteiger partial charge in [-0.2, -0.15) is 0 Å². The van der Waals surface area contributed by atoms with E-state index in [1.54, 1.807) is 19.1 Å². The van der Waals surface area contributed by atoms with E-state index < -0.39 is 4.92 Å². The topological polar surface area (TPSA) is 65.1 Å². The molecule has 0 saturated heterocycles. The highest BCUT2D eigenvalue weighted by Gasteiger charge is 2.13. The van der Waals surface area contributed by atoms with E-state index in [1.165, 1.54) is 6.07 Å². The maximum absolute atomic E-state index is 11.5. The van der Waals surface area contributed by atoms with Crippen molar-refractivity contribution in [2.45, 2.75) is 27.3 Å². The lowest BCUT2D eigenvalue weighted by Gasteiger charge is -2.09. The average molecular weight is 272 g/mol. The number of rotatable bonds is 4. The molecule has 5 heteroatoms. The lowest BCUT2D eigenvalue weighted by Crippen LogP contribution is -2.05. The molecular weight excluding hydrogens is 256 g/mol. The summed E-state index contributed by atoms with van der Waals surface area (Å²) in [6.45, 7) is 5.88. The number of aryl methyl sites for hydroxylation is 1. The molecular formula is C15H16N2O3. The first-order chi connectivity index (χ1) is 9.40. The van der Waals surface area contributed by atoms with Gasteiger partial charge in [0.25, 0.3) is 5.69 Å². The zero-order chi connectivity index (χ0) is 14.9. The predicted molar refractivity (Wildman–Crippen MR) is 76.1 cm³/mol. The van der Waals surface area contributed by atoms with Crippen LogP contribution in [0.1, 0.15) is 34.2 Å². The molecule has 1 heterocycles. The minimum absolute atomic E-state index is 0.0309. The highest BCUT2D eigenvalue weighted by atomic mass is 16.6. The van der Waals surface area contributed by atoms with Crippen molar-refractivity contribution in [2.24, 2.45) is 0 Å². The van der Waals surface area contributed by atoms with E-state index in [0.717, 1.165) is 17.0 Å². The number of nitro groups is 1. The van der Waals surface area contributed by atoms with E-state index in [2.05, 4.69) is 0 Å². The van der Waals surface area contributed by atoms with E-state index in [-0.39, 0.29) is 11.5 Å². The smallest absolute Gasteiger partial charge is 0.269 e. The highest BCUT2D eigenvalue weighted by Crippen LogP contribution is 2.19. The monoisotopic (exact) mass is 272 g/mol. The van der Waals surface area contributed by atoms with Gasteiger partial charge in [-0.05, 0) is 32.4 Å². The number of nitrogens with zero attached hydrogens (tertiary/aromatic N) is 2. The zero-order valence-electron chi connectivity index (χ0n) is 11.7. The van der Waals surface area contributed by atoms with Gasteiger partial charge in [0.1, 0.15) is 0 Å². The number of Topliss-reactive ketones (excluding diaryl/α,β-unsaturated/α-hetero) is 1. The van der Waals surface area contributed by atoms with Crippen LogP contribution in [0, 0.1) is 24.0 Å². The molecule has 1 aromatic carbocycles. The summed E-state index contributed by atoms with van der Waals surface area (Å²) in [5, 5.41) is 10.8. The molecule has 0 aliphatic carbocycles. The number of hydrogen-bond donors (Lipinski definition) is 0. The second-order valence-electron chi connectivity index (χ2n) is 4.85. The molecule has 0 fully saturated rings. The molecule has 1 aromatic heterocycles. The molecule has 20 heavy (non-hydrogen) atoms. The maximum Gasteiger partial charge on any atom is 0.269 e. The second-order valence-corrected chi connectivity index (χ2v) is 4.85. The van der Waals surface area contributed by atoms with Gasteiger partial charge < -0.3 is 4.57 Å². The van der Waals surface area contributed by atoms with Crippen LogP contribution in [0.15, 0.2) is 30.3 Å². The van der Waals surface area contributed by atoms with Crippen LogP contribution in [0.3, 0.4) is 0 Å². The van der Waals surface area contributed by atoms with Gasteiger partial charge in [-0.3, -0.25) is 14.9 Å². The number of non-ortho nitro benzene ring substituents is 1. The number of carbonyl (C=O) groups is 1. The number of nitro benzene ring substituents is 1. The maximum atomic E-state index is 11.5. The number of hydrogen-bond acceptors (Lipinski definition) is 3. The Hall–Kier alpha value is -2.43. The van der Waals surface area contributed by atoms with Crippen molar-refractivity contribution in [2.75, 3.05) is 0 Å². The van der Waals surface area contributed by atoms with Crippen LogP contribution in [-0.4, -0.2) is 15.3 Å². The molecule has 0 amide bonds. The fraction of sp³-hybridized carbons (Fsp3) is 0.267. The Labute approximate surface area is 117 Å². The average Bonchev–Trinajstić information content (AvgIpc) is 2.67. The Morgan fingerprint density at radius 3 is 2.55 bits per heavy atom. The minimum atomic E-state index is -0.403. The quantitative estimate of drug-likeness (QED) is 0.487. The third kappa shape index (κ3) is 2.61. The standard InChI is InChI=1S/C15H16N2O3/c1-10-7-15(12(3)18)11(2)16(10)9-13-5-4-6-14(8-13)17(19)20/h4-8H,9H2,1-3H3. The lowest BCUT2D eigenvalue weighted by atomic mass is 10.2. The summed E-state index contributed by atoms with van der Waals surface area (Å²) in [6, 6.07) is 8.41. The zero-order valence-corrected chi connectivity index (χ0v) is 11.7. The van der Waals surface area contributed by atoms with Crippen LogP contribution in [-0.2, 0) is 6.54 Å². The molecule has 0 saturated carbocycles. The van der Waals surface area contributed by atoms with Crippen LogP contribution in [0.2, 0.25) is 0 Å². The molecule has 0 radical (unpaired) electrons. The molecule has 0 aliphatic rings. The van der Waals surface area contributed by atoms with Gasteiger partial charge in [-0.15, -0.1) is 0 Å². The molecule has 5 nitrogen and oxygen atoms in total. The molecule has 104 valence electrons.